The van der Waals surface area contributed by atoms with Gasteiger partial charge in [-0.05, 0) is 36.6 Å². The SMILES string of the molecule is COc1cc(C(CC(=O)NCCc2ccccc2)c2oc(C)cc(=O)c2O)ccc1O. The monoisotopic (exact) mass is 423 g/mol. The van der Waals surface area contributed by atoms with E-state index in [-0.39, 0.29) is 29.6 Å². The molecule has 1 unspecified atom stereocenters. The number of ether oxygens (including phenoxy) is 1. The zero-order valence-corrected chi connectivity index (χ0v) is 17.4. The molecule has 3 aromatic rings. The molecule has 0 radical (unpaired) electrons. The molecule has 1 aromatic heterocycles. The van der Waals surface area contributed by atoms with Gasteiger partial charge in [0.05, 0.1) is 13.0 Å². The van der Waals surface area contributed by atoms with Gasteiger partial charge < -0.3 is 24.7 Å². The van der Waals surface area contributed by atoms with Crippen LogP contribution in [0.5, 0.6) is 17.2 Å². The summed E-state index contributed by atoms with van der Waals surface area (Å²) in [7, 11) is 1.41. The van der Waals surface area contributed by atoms with E-state index in [9.17, 15) is 19.8 Å². The zero-order valence-electron chi connectivity index (χ0n) is 17.4. The number of aryl methyl sites for hydroxylation is 1. The van der Waals surface area contributed by atoms with Crippen molar-refractivity contribution < 1.29 is 24.2 Å². The molecule has 3 rings (SSSR count). The highest BCUT2D eigenvalue weighted by molar-refractivity contribution is 5.77. The molecule has 0 aliphatic carbocycles. The molecule has 0 spiro atoms. The van der Waals surface area contributed by atoms with Gasteiger partial charge in [0.25, 0.3) is 0 Å². The first kappa shape index (κ1) is 22.0. The number of benzene rings is 2. The molecule has 0 saturated heterocycles. The predicted molar refractivity (Wildman–Crippen MR) is 116 cm³/mol. The highest BCUT2D eigenvalue weighted by Gasteiger charge is 2.26. The summed E-state index contributed by atoms with van der Waals surface area (Å²) < 4.78 is 10.8. The summed E-state index contributed by atoms with van der Waals surface area (Å²) in [5.74, 6) is -1.10. The second-order valence-corrected chi connectivity index (χ2v) is 7.21. The van der Waals surface area contributed by atoms with Crippen LogP contribution in [0.2, 0.25) is 0 Å². The van der Waals surface area contributed by atoms with E-state index >= 15 is 0 Å². The zero-order chi connectivity index (χ0) is 22.4. The fraction of sp³-hybridized carbons (Fsp3) is 0.250. The van der Waals surface area contributed by atoms with Crippen molar-refractivity contribution in [3.8, 4) is 17.2 Å². The Balaban J connectivity index is 1.86. The van der Waals surface area contributed by atoms with Gasteiger partial charge in [-0.2, -0.15) is 0 Å². The maximum absolute atomic E-state index is 12.7. The van der Waals surface area contributed by atoms with E-state index in [4.69, 9.17) is 9.15 Å². The standard InChI is InChI=1S/C24H25NO6/c1-15-12-20(27)23(29)24(31-15)18(17-8-9-19(26)21(13-17)30-2)14-22(28)25-11-10-16-6-4-3-5-7-16/h3-9,12-13,18,26,29H,10-11,14H2,1-2H3,(H,25,28). The first-order chi connectivity index (χ1) is 14.9. The van der Waals surface area contributed by atoms with E-state index in [0.717, 1.165) is 5.56 Å². The van der Waals surface area contributed by atoms with Gasteiger partial charge in [0.1, 0.15) is 5.76 Å². The van der Waals surface area contributed by atoms with Gasteiger partial charge in [-0.1, -0.05) is 36.4 Å². The van der Waals surface area contributed by atoms with Crippen molar-refractivity contribution in [1.29, 1.82) is 0 Å². The van der Waals surface area contributed by atoms with Crippen LogP contribution in [0.4, 0.5) is 0 Å². The first-order valence-corrected chi connectivity index (χ1v) is 9.90. The van der Waals surface area contributed by atoms with E-state index in [1.165, 1.54) is 19.2 Å². The van der Waals surface area contributed by atoms with Crippen LogP contribution in [0.15, 0.2) is 63.8 Å². The summed E-state index contributed by atoms with van der Waals surface area (Å²) >= 11 is 0. The molecular formula is C24H25NO6. The van der Waals surface area contributed by atoms with E-state index < -0.39 is 17.1 Å². The number of amides is 1. The van der Waals surface area contributed by atoms with E-state index in [0.29, 0.717) is 24.3 Å². The van der Waals surface area contributed by atoms with Crippen molar-refractivity contribution in [2.75, 3.05) is 13.7 Å². The molecule has 3 N–H and O–H groups in total. The molecule has 7 heteroatoms. The van der Waals surface area contributed by atoms with Gasteiger partial charge in [-0.15, -0.1) is 0 Å². The molecule has 2 aromatic carbocycles. The van der Waals surface area contributed by atoms with Crippen LogP contribution >= 0.6 is 0 Å². The van der Waals surface area contributed by atoms with Crippen LogP contribution in [0, 0.1) is 6.92 Å². The summed E-state index contributed by atoms with van der Waals surface area (Å²) in [6.45, 7) is 2.04. The quantitative estimate of drug-likeness (QED) is 0.513. The van der Waals surface area contributed by atoms with Crippen molar-refractivity contribution in [1.82, 2.24) is 5.32 Å². The topological polar surface area (TPSA) is 109 Å². The molecule has 1 heterocycles. The normalized spacial score (nSPS) is 11.7. The number of nitrogens with one attached hydrogen (secondary N) is 1. The van der Waals surface area contributed by atoms with E-state index in [2.05, 4.69) is 5.32 Å². The predicted octanol–water partition coefficient (Wildman–Crippen LogP) is 3.25. The molecule has 0 bridgehead atoms. The summed E-state index contributed by atoms with van der Waals surface area (Å²) in [5.41, 5.74) is 1.07. The molecular weight excluding hydrogens is 398 g/mol. The van der Waals surface area contributed by atoms with Gasteiger partial charge in [0.15, 0.2) is 17.3 Å². The maximum atomic E-state index is 12.7. The minimum absolute atomic E-state index is 0.00375. The summed E-state index contributed by atoms with van der Waals surface area (Å²) in [6.07, 6.45) is 0.609. The third kappa shape index (κ3) is 5.45. The van der Waals surface area contributed by atoms with Crippen molar-refractivity contribution >= 4 is 5.91 Å². The fourth-order valence-electron chi connectivity index (χ4n) is 3.38. The van der Waals surface area contributed by atoms with Crippen molar-refractivity contribution in [2.24, 2.45) is 0 Å². The fourth-order valence-corrected chi connectivity index (χ4v) is 3.38. The second kappa shape index (κ2) is 9.84. The number of phenols is 1. The number of methoxy groups -OCH3 is 1. The summed E-state index contributed by atoms with van der Waals surface area (Å²) in [5, 5.41) is 23.1. The largest absolute Gasteiger partial charge is 0.504 e. The first-order valence-electron chi connectivity index (χ1n) is 9.90. The van der Waals surface area contributed by atoms with Crippen LogP contribution in [-0.2, 0) is 11.2 Å². The van der Waals surface area contributed by atoms with Gasteiger partial charge in [0, 0.05) is 19.0 Å². The number of carbonyl (C=O) groups is 1. The lowest BCUT2D eigenvalue weighted by atomic mass is 9.91. The molecule has 7 nitrogen and oxygen atoms in total. The number of hydrogen-bond acceptors (Lipinski definition) is 6. The van der Waals surface area contributed by atoms with Crippen molar-refractivity contribution in [2.45, 2.75) is 25.7 Å². The molecule has 1 amide bonds. The third-order valence-corrected chi connectivity index (χ3v) is 4.96. The second-order valence-electron chi connectivity index (χ2n) is 7.21. The van der Waals surface area contributed by atoms with Crippen LogP contribution in [0.25, 0.3) is 0 Å². The minimum Gasteiger partial charge on any atom is -0.504 e. The van der Waals surface area contributed by atoms with Crippen molar-refractivity contribution in [3.63, 3.8) is 0 Å². The summed E-state index contributed by atoms with van der Waals surface area (Å²) in [6, 6.07) is 15.5. The van der Waals surface area contributed by atoms with Gasteiger partial charge in [-0.3, -0.25) is 9.59 Å². The average Bonchev–Trinajstić information content (AvgIpc) is 2.76. The Morgan fingerprint density at radius 1 is 1.13 bits per heavy atom. The van der Waals surface area contributed by atoms with Gasteiger partial charge >= 0.3 is 0 Å². The number of carbonyl (C=O) groups excluding carboxylic acids is 1. The Morgan fingerprint density at radius 2 is 1.87 bits per heavy atom. The molecule has 1 atom stereocenters. The third-order valence-electron chi connectivity index (χ3n) is 4.96. The van der Waals surface area contributed by atoms with Crippen LogP contribution in [-0.4, -0.2) is 29.8 Å². The molecule has 0 aliphatic rings. The Labute approximate surface area is 179 Å². The van der Waals surface area contributed by atoms with Crippen LogP contribution in [0.1, 0.15) is 35.0 Å². The van der Waals surface area contributed by atoms with Gasteiger partial charge in [0.2, 0.25) is 17.1 Å². The van der Waals surface area contributed by atoms with E-state index in [1.54, 1.807) is 19.1 Å². The van der Waals surface area contributed by atoms with Crippen LogP contribution in [0.3, 0.4) is 0 Å². The van der Waals surface area contributed by atoms with Crippen LogP contribution < -0.4 is 15.5 Å². The van der Waals surface area contributed by atoms with Crippen molar-refractivity contribution in [3.05, 3.63) is 87.5 Å². The number of rotatable bonds is 8. The lowest BCUT2D eigenvalue weighted by Crippen LogP contribution is -2.27. The number of phenolic OH excluding ortho intramolecular Hbond substituents is 1. The highest BCUT2D eigenvalue weighted by Crippen LogP contribution is 2.37. The molecule has 31 heavy (non-hydrogen) atoms. The Bertz CT molecular complexity index is 1110. The Morgan fingerprint density at radius 3 is 2.58 bits per heavy atom. The number of hydrogen-bond donors (Lipinski definition) is 3. The van der Waals surface area contributed by atoms with E-state index in [1.807, 2.05) is 30.3 Å². The lowest BCUT2D eigenvalue weighted by molar-refractivity contribution is -0.121. The lowest BCUT2D eigenvalue weighted by Gasteiger charge is -2.19. The number of aromatic hydroxyl groups is 2. The molecule has 0 saturated carbocycles. The van der Waals surface area contributed by atoms with Gasteiger partial charge in [-0.25, -0.2) is 0 Å². The molecule has 162 valence electrons. The Hall–Kier alpha value is -3.74. The maximum Gasteiger partial charge on any atom is 0.227 e. The summed E-state index contributed by atoms with van der Waals surface area (Å²) in [4.78, 5) is 24.8. The Kier molecular flexibility index (Phi) is 6.97. The molecule has 0 aliphatic heterocycles. The highest BCUT2D eigenvalue weighted by atomic mass is 16.5. The smallest absolute Gasteiger partial charge is 0.227 e. The average molecular weight is 423 g/mol. The molecule has 0 fully saturated rings. The minimum atomic E-state index is -0.751.